The van der Waals surface area contributed by atoms with Crippen LogP contribution in [0.5, 0.6) is 0 Å². The van der Waals surface area contributed by atoms with Crippen molar-refractivity contribution in [2.75, 3.05) is 20.2 Å². The summed E-state index contributed by atoms with van der Waals surface area (Å²) in [6.45, 7) is 1.56. The summed E-state index contributed by atoms with van der Waals surface area (Å²) in [5.41, 5.74) is 5.85. The third kappa shape index (κ3) is 0.982. The molecule has 2 bridgehead atoms. The molecule has 4 heteroatoms. The number of rotatable bonds is 0. The lowest BCUT2D eigenvalue weighted by molar-refractivity contribution is 0.00458. The van der Waals surface area contributed by atoms with E-state index in [9.17, 15) is 4.79 Å². The second-order valence-electron chi connectivity index (χ2n) is 3.71. The van der Waals surface area contributed by atoms with Crippen LogP contribution in [0.3, 0.4) is 0 Å². The first kappa shape index (κ1) is 7.86. The number of nitrogens with zero attached hydrogens (tertiary/aromatic N) is 1. The summed E-state index contributed by atoms with van der Waals surface area (Å²) in [7, 11) is 1.42. The molecule has 1 saturated carbocycles. The maximum atomic E-state index is 11.1. The predicted molar refractivity (Wildman–Crippen MR) is 43.6 cm³/mol. The highest BCUT2D eigenvalue weighted by Gasteiger charge is 2.45. The van der Waals surface area contributed by atoms with E-state index in [1.54, 1.807) is 4.90 Å². The molecule has 0 spiro atoms. The van der Waals surface area contributed by atoms with Gasteiger partial charge in [0.2, 0.25) is 0 Å². The number of piperidine rings is 2. The molecule has 0 aromatic heterocycles. The summed E-state index contributed by atoms with van der Waals surface area (Å²) in [4.78, 5) is 12.9. The molecule has 2 atom stereocenters. The molecule has 2 saturated heterocycles. The van der Waals surface area contributed by atoms with E-state index in [1.165, 1.54) is 13.5 Å². The largest absolute Gasteiger partial charge is 0.453 e. The molecule has 2 unspecified atom stereocenters. The molecule has 2 heterocycles. The fourth-order valence-electron chi connectivity index (χ4n) is 2.20. The summed E-state index contributed by atoms with van der Waals surface area (Å²) < 4.78 is 4.64. The van der Waals surface area contributed by atoms with Crippen LogP contribution in [-0.2, 0) is 4.74 Å². The van der Waals surface area contributed by atoms with Crippen LogP contribution in [0.25, 0.3) is 0 Å². The smallest absolute Gasteiger partial charge is 0.409 e. The van der Waals surface area contributed by atoms with Crippen molar-refractivity contribution in [1.29, 1.82) is 0 Å². The Morgan fingerprint density at radius 3 is 2.50 bits per heavy atom. The van der Waals surface area contributed by atoms with Crippen LogP contribution < -0.4 is 5.73 Å². The van der Waals surface area contributed by atoms with Crippen molar-refractivity contribution in [2.45, 2.75) is 12.5 Å². The summed E-state index contributed by atoms with van der Waals surface area (Å²) in [6, 6.07) is 0.325. The molecule has 3 rings (SSSR count). The Balaban J connectivity index is 1.94. The van der Waals surface area contributed by atoms with Gasteiger partial charge in [0.25, 0.3) is 0 Å². The minimum Gasteiger partial charge on any atom is -0.453 e. The van der Waals surface area contributed by atoms with E-state index in [0.29, 0.717) is 17.9 Å². The number of carbonyl (C=O) groups is 1. The second kappa shape index (κ2) is 2.62. The van der Waals surface area contributed by atoms with Crippen LogP contribution in [0.2, 0.25) is 0 Å². The first-order valence-electron chi connectivity index (χ1n) is 4.31. The van der Waals surface area contributed by atoms with Gasteiger partial charge in [-0.1, -0.05) is 0 Å². The second-order valence-corrected chi connectivity index (χ2v) is 3.71. The van der Waals surface area contributed by atoms with Gasteiger partial charge in [0.05, 0.1) is 7.11 Å². The summed E-state index contributed by atoms with van der Waals surface area (Å²) in [5, 5.41) is 0. The van der Waals surface area contributed by atoms with Crippen LogP contribution in [-0.4, -0.2) is 37.2 Å². The minimum absolute atomic E-state index is 0.211. The summed E-state index contributed by atoms with van der Waals surface area (Å²) >= 11 is 0. The molecular formula is C8H14N2O2. The van der Waals surface area contributed by atoms with Crippen LogP contribution >= 0.6 is 0 Å². The lowest BCUT2D eigenvalue weighted by Gasteiger charge is -2.51. The topological polar surface area (TPSA) is 55.6 Å². The van der Waals surface area contributed by atoms with Gasteiger partial charge in [-0.25, -0.2) is 4.79 Å². The van der Waals surface area contributed by atoms with Gasteiger partial charge < -0.3 is 15.4 Å². The van der Waals surface area contributed by atoms with Crippen LogP contribution in [0, 0.1) is 11.8 Å². The van der Waals surface area contributed by atoms with E-state index in [1.807, 2.05) is 0 Å². The number of hydrogen-bond acceptors (Lipinski definition) is 3. The van der Waals surface area contributed by atoms with Gasteiger partial charge >= 0.3 is 6.09 Å². The van der Waals surface area contributed by atoms with E-state index in [0.717, 1.165) is 13.1 Å². The van der Waals surface area contributed by atoms with Crippen molar-refractivity contribution in [3.8, 4) is 0 Å². The van der Waals surface area contributed by atoms with Crippen molar-refractivity contribution in [3.05, 3.63) is 0 Å². The van der Waals surface area contributed by atoms with Gasteiger partial charge in [0, 0.05) is 19.1 Å². The third-order valence-electron chi connectivity index (χ3n) is 3.04. The quantitative estimate of drug-likeness (QED) is 0.558. The van der Waals surface area contributed by atoms with Gasteiger partial charge in [-0.3, -0.25) is 0 Å². The number of ether oxygens (including phenoxy) is 1. The van der Waals surface area contributed by atoms with E-state index in [4.69, 9.17) is 5.73 Å². The van der Waals surface area contributed by atoms with Crippen molar-refractivity contribution >= 4 is 6.09 Å². The van der Waals surface area contributed by atoms with Crippen LogP contribution in [0.4, 0.5) is 4.79 Å². The van der Waals surface area contributed by atoms with E-state index >= 15 is 0 Å². The number of fused-ring (bicyclic) bond motifs is 2. The number of nitrogens with two attached hydrogens (primary N) is 1. The normalized spacial score (nSPS) is 38.8. The van der Waals surface area contributed by atoms with E-state index in [2.05, 4.69) is 4.74 Å². The molecule has 1 aliphatic carbocycles. The van der Waals surface area contributed by atoms with Crippen molar-refractivity contribution in [1.82, 2.24) is 4.90 Å². The standard InChI is InChI=1S/C8H14N2O2/c1-12-8(11)10-3-5-2-6(4-10)7(5)9/h5-7H,2-4,9H2,1H3. The zero-order valence-electron chi connectivity index (χ0n) is 7.19. The fraction of sp³-hybridized carbons (Fsp3) is 0.875. The van der Waals surface area contributed by atoms with Crippen molar-refractivity contribution < 1.29 is 9.53 Å². The first-order valence-corrected chi connectivity index (χ1v) is 4.31. The summed E-state index contributed by atoms with van der Waals surface area (Å²) in [6.07, 6.45) is 0.978. The molecular weight excluding hydrogens is 156 g/mol. The lowest BCUT2D eigenvalue weighted by Crippen LogP contribution is -2.62. The van der Waals surface area contributed by atoms with Crippen molar-refractivity contribution in [3.63, 3.8) is 0 Å². The molecule has 3 fully saturated rings. The van der Waals surface area contributed by atoms with Crippen molar-refractivity contribution in [2.24, 2.45) is 17.6 Å². The lowest BCUT2D eigenvalue weighted by atomic mass is 9.67. The van der Waals surface area contributed by atoms with Crippen LogP contribution in [0.15, 0.2) is 0 Å². The Bertz CT molecular complexity index is 195. The van der Waals surface area contributed by atoms with E-state index < -0.39 is 0 Å². The van der Waals surface area contributed by atoms with Gasteiger partial charge in [-0.15, -0.1) is 0 Å². The fourth-order valence-corrected chi connectivity index (χ4v) is 2.20. The molecule has 0 aromatic carbocycles. The van der Waals surface area contributed by atoms with Gasteiger partial charge in [0.1, 0.15) is 0 Å². The SMILES string of the molecule is COC(=O)N1CC2CC(C1)C2N. The summed E-state index contributed by atoms with van der Waals surface area (Å²) in [5.74, 6) is 1.03. The molecule has 1 amide bonds. The highest BCUT2D eigenvalue weighted by Crippen LogP contribution is 2.38. The zero-order chi connectivity index (χ0) is 8.72. The Morgan fingerprint density at radius 1 is 1.50 bits per heavy atom. The zero-order valence-corrected chi connectivity index (χ0v) is 7.19. The predicted octanol–water partition coefficient (Wildman–Crippen LogP) is 0.0318. The first-order chi connectivity index (χ1) is 5.72. The molecule has 3 aliphatic rings. The highest BCUT2D eigenvalue weighted by atomic mass is 16.5. The van der Waals surface area contributed by atoms with Gasteiger partial charge in [-0.05, 0) is 18.3 Å². The van der Waals surface area contributed by atoms with Gasteiger partial charge in [0.15, 0.2) is 0 Å². The average molecular weight is 170 g/mol. The number of carbonyl (C=O) groups excluding carboxylic acids is 1. The van der Waals surface area contributed by atoms with Crippen LogP contribution in [0.1, 0.15) is 6.42 Å². The molecule has 4 nitrogen and oxygen atoms in total. The van der Waals surface area contributed by atoms with Gasteiger partial charge in [-0.2, -0.15) is 0 Å². The Labute approximate surface area is 71.7 Å². The number of methoxy groups -OCH3 is 1. The Hall–Kier alpha value is -0.770. The third-order valence-corrected chi connectivity index (χ3v) is 3.04. The maximum Gasteiger partial charge on any atom is 0.409 e. The Morgan fingerprint density at radius 2 is 2.08 bits per heavy atom. The maximum absolute atomic E-state index is 11.1. The number of hydrogen-bond donors (Lipinski definition) is 1. The van der Waals surface area contributed by atoms with E-state index in [-0.39, 0.29) is 6.09 Å². The monoisotopic (exact) mass is 170 g/mol. The molecule has 2 N–H and O–H groups in total. The molecule has 12 heavy (non-hydrogen) atoms. The Kier molecular flexibility index (Phi) is 1.72. The average Bonchev–Trinajstić information content (AvgIpc) is 2.16. The molecule has 68 valence electrons. The molecule has 0 aromatic rings. The molecule has 2 aliphatic heterocycles. The molecule has 0 radical (unpaired) electrons. The highest BCUT2D eigenvalue weighted by molar-refractivity contribution is 5.67. The minimum atomic E-state index is -0.211. The number of amides is 1.